The van der Waals surface area contributed by atoms with Crippen LogP contribution >= 0.6 is 11.3 Å². The fourth-order valence-corrected chi connectivity index (χ4v) is 1.96. The summed E-state index contributed by atoms with van der Waals surface area (Å²) in [7, 11) is 0. The molecular weight excluding hydrogens is 226 g/mol. The standard InChI is InChI=1S/C10H9N3O2S/c14-8(6-1-2-6)11-10-13-12-9(15-10)7-3-4-16-5-7/h3-6H,1-2H2,(H,11,13,14). The summed E-state index contributed by atoms with van der Waals surface area (Å²) in [4.78, 5) is 11.4. The van der Waals surface area contributed by atoms with Gasteiger partial charge in [-0.15, -0.1) is 5.10 Å². The third-order valence-corrected chi connectivity index (χ3v) is 3.05. The number of hydrogen-bond donors (Lipinski definition) is 1. The van der Waals surface area contributed by atoms with E-state index in [4.69, 9.17) is 4.42 Å². The van der Waals surface area contributed by atoms with Gasteiger partial charge < -0.3 is 4.42 Å². The van der Waals surface area contributed by atoms with Crippen molar-refractivity contribution in [1.29, 1.82) is 0 Å². The Hall–Kier alpha value is -1.69. The largest absolute Gasteiger partial charge is 0.403 e. The molecule has 6 heteroatoms. The Labute approximate surface area is 95.5 Å². The number of carbonyl (C=O) groups is 1. The number of carbonyl (C=O) groups excluding carboxylic acids is 1. The van der Waals surface area contributed by atoms with Crippen molar-refractivity contribution in [3.05, 3.63) is 16.8 Å². The van der Waals surface area contributed by atoms with E-state index >= 15 is 0 Å². The minimum Gasteiger partial charge on any atom is -0.403 e. The van der Waals surface area contributed by atoms with Crippen molar-refractivity contribution in [2.24, 2.45) is 5.92 Å². The van der Waals surface area contributed by atoms with Crippen LogP contribution in [-0.4, -0.2) is 16.1 Å². The highest BCUT2D eigenvalue weighted by Gasteiger charge is 2.30. The second-order valence-electron chi connectivity index (χ2n) is 3.69. The van der Waals surface area contributed by atoms with Crippen molar-refractivity contribution in [1.82, 2.24) is 10.2 Å². The van der Waals surface area contributed by atoms with Crippen LogP contribution in [0.5, 0.6) is 0 Å². The Kier molecular flexibility index (Phi) is 2.21. The molecule has 0 aromatic carbocycles. The Morgan fingerprint density at radius 3 is 3.06 bits per heavy atom. The summed E-state index contributed by atoms with van der Waals surface area (Å²) in [6.07, 6.45) is 1.91. The maximum absolute atomic E-state index is 11.4. The Morgan fingerprint density at radius 2 is 2.38 bits per heavy atom. The molecule has 1 N–H and O–H groups in total. The first kappa shape index (κ1) is 9.53. The summed E-state index contributed by atoms with van der Waals surface area (Å²) in [6, 6.07) is 2.07. The summed E-state index contributed by atoms with van der Waals surface area (Å²) in [6.45, 7) is 0. The smallest absolute Gasteiger partial charge is 0.322 e. The lowest BCUT2D eigenvalue weighted by Gasteiger charge is -1.95. The van der Waals surface area contributed by atoms with Gasteiger partial charge in [0.1, 0.15) is 0 Å². The zero-order valence-corrected chi connectivity index (χ0v) is 9.16. The molecule has 1 amide bonds. The number of nitrogens with zero attached hydrogens (tertiary/aromatic N) is 2. The first-order chi connectivity index (χ1) is 7.83. The molecule has 2 heterocycles. The molecule has 1 saturated carbocycles. The second-order valence-corrected chi connectivity index (χ2v) is 4.47. The van der Waals surface area contributed by atoms with Crippen LogP contribution in [0.4, 0.5) is 6.01 Å². The molecule has 0 saturated heterocycles. The van der Waals surface area contributed by atoms with Crippen molar-refractivity contribution in [2.75, 3.05) is 5.32 Å². The number of nitrogens with one attached hydrogen (secondary N) is 1. The van der Waals surface area contributed by atoms with Gasteiger partial charge in [-0.05, 0) is 24.3 Å². The molecule has 0 radical (unpaired) electrons. The molecule has 2 aromatic rings. The fourth-order valence-electron chi connectivity index (χ4n) is 1.33. The average Bonchev–Trinajstić information content (AvgIpc) is 2.80. The zero-order chi connectivity index (χ0) is 11.0. The number of anilines is 1. The predicted molar refractivity (Wildman–Crippen MR) is 59.0 cm³/mol. The van der Waals surface area contributed by atoms with Crippen molar-refractivity contribution in [3.63, 3.8) is 0 Å². The number of rotatable bonds is 3. The quantitative estimate of drug-likeness (QED) is 0.885. The number of hydrogen-bond acceptors (Lipinski definition) is 5. The summed E-state index contributed by atoms with van der Waals surface area (Å²) in [5.41, 5.74) is 0.879. The highest BCUT2D eigenvalue weighted by Crippen LogP contribution is 2.30. The molecule has 3 rings (SSSR count). The van der Waals surface area contributed by atoms with Gasteiger partial charge in [-0.3, -0.25) is 10.1 Å². The summed E-state index contributed by atoms with van der Waals surface area (Å²) < 4.78 is 5.33. The van der Waals surface area contributed by atoms with E-state index in [1.807, 2.05) is 16.8 Å². The molecule has 0 unspecified atom stereocenters. The lowest BCUT2D eigenvalue weighted by Crippen LogP contribution is -2.13. The molecule has 16 heavy (non-hydrogen) atoms. The summed E-state index contributed by atoms with van der Waals surface area (Å²) in [5.74, 6) is 0.546. The normalized spacial score (nSPS) is 15.0. The first-order valence-electron chi connectivity index (χ1n) is 5.00. The average molecular weight is 235 g/mol. The van der Waals surface area contributed by atoms with Crippen molar-refractivity contribution < 1.29 is 9.21 Å². The SMILES string of the molecule is O=C(Nc1nnc(-c2ccsc2)o1)C1CC1. The van der Waals surface area contributed by atoms with Crippen LogP contribution in [0.1, 0.15) is 12.8 Å². The molecule has 1 aliphatic carbocycles. The minimum atomic E-state index is -0.0273. The van der Waals surface area contributed by atoms with Crippen molar-refractivity contribution >= 4 is 23.3 Å². The van der Waals surface area contributed by atoms with Crippen LogP contribution in [0, 0.1) is 5.92 Å². The Bertz CT molecular complexity index is 502. The molecule has 5 nitrogen and oxygen atoms in total. The van der Waals surface area contributed by atoms with Gasteiger partial charge in [0.25, 0.3) is 5.89 Å². The summed E-state index contributed by atoms with van der Waals surface area (Å²) >= 11 is 1.56. The number of thiophene rings is 1. The van der Waals surface area contributed by atoms with E-state index in [-0.39, 0.29) is 17.8 Å². The third kappa shape index (κ3) is 1.83. The lowest BCUT2D eigenvalue weighted by atomic mass is 10.3. The zero-order valence-electron chi connectivity index (χ0n) is 8.34. The molecule has 0 aliphatic heterocycles. The van der Waals surface area contributed by atoms with Crippen LogP contribution in [0.3, 0.4) is 0 Å². The molecule has 0 spiro atoms. The van der Waals surface area contributed by atoms with E-state index in [9.17, 15) is 4.79 Å². The fraction of sp³-hybridized carbons (Fsp3) is 0.300. The number of amides is 1. The first-order valence-corrected chi connectivity index (χ1v) is 5.94. The molecule has 0 bridgehead atoms. The highest BCUT2D eigenvalue weighted by molar-refractivity contribution is 7.08. The Morgan fingerprint density at radius 1 is 1.50 bits per heavy atom. The van der Waals surface area contributed by atoms with Gasteiger partial charge in [-0.25, -0.2) is 0 Å². The van der Waals surface area contributed by atoms with Crippen molar-refractivity contribution in [3.8, 4) is 11.5 Å². The molecule has 0 atom stereocenters. The Balaban J connectivity index is 1.75. The molecule has 2 aromatic heterocycles. The monoisotopic (exact) mass is 235 g/mol. The van der Waals surface area contributed by atoms with Crippen LogP contribution < -0.4 is 5.32 Å². The highest BCUT2D eigenvalue weighted by atomic mass is 32.1. The predicted octanol–water partition coefficient (Wildman–Crippen LogP) is 2.15. The van der Waals surface area contributed by atoms with Gasteiger partial charge in [-0.2, -0.15) is 11.3 Å². The van der Waals surface area contributed by atoms with Gasteiger partial charge in [0.05, 0.1) is 0 Å². The van der Waals surface area contributed by atoms with Gasteiger partial charge in [0.15, 0.2) is 0 Å². The van der Waals surface area contributed by atoms with Crippen LogP contribution in [-0.2, 0) is 4.79 Å². The molecular formula is C10H9N3O2S. The summed E-state index contributed by atoms with van der Waals surface area (Å²) in [5, 5.41) is 14.1. The van der Waals surface area contributed by atoms with Gasteiger partial charge in [-0.1, -0.05) is 5.10 Å². The maximum Gasteiger partial charge on any atom is 0.322 e. The topological polar surface area (TPSA) is 68.0 Å². The third-order valence-electron chi connectivity index (χ3n) is 2.37. The van der Waals surface area contributed by atoms with E-state index in [1.165, 1.54) is 0 Å². The number of aromatic nitrogens is 2. The van der Waals surface area contributed by atoms with Gasteiger partial charge in [0, 0.05) is 16.9 Å². The van der Waals surface area contributed by atoms with Gasteiger partial charge >= 0.3 is 6.01 Å². The van der Waals surface area contributed by atoms with Gasteiger partial charge in [0.2, 0.25) is 5.91 Å². The van der Waals surface area contributed by atoms with E-state index in [0.29, 0.717) is 5.89 Å². The van der Waals surface area contributed by atoms with E-state index in [0.717, 1.165) is 18.4 Å². The molecule has 1 fully saturated rings. The molecule has 1 aliphatic rings. The minimum absolute atomic E-state index is 0.0273. The van der Waals surface area contributed by atoms with E-state index in [1.54, 1.807) is 11.3 Å². The second kappa shape index (κ2) is 3.71. The van der Waals surface area contributed by atoms with E-state index < -0.39 is 0 Å². The van der Waals surface area contributed by atoms with Crippen molar-refractivity contribution in [2.45, 2.75) is 12.8 Å². The van der Waals surface area contributed by atoms with E-state index in [2.05, 4.69) is 15.5 Å². The molecule has 82 valence electrons. The lowest BCUT2D eigenvalue weighted by molar-refractivity contribution is -0.117. The van der Waals surface area contributed by atoms with Crippen LogP contribution in [0.25, 0.3) is 11.5 Å². The van der Waals surface area contributed by atoms with Crippen LogP contribution in [0.2, 0.25) is 0 Å². The maximum atomic E-state index is 11.4. The van der Waals surface area contributed by atoms with Crippen LogP contribution in [0.15, 0.2) is 21.2 Å².